The number of nitrogens with one attached hydrogen (secondary N) is 1. The quantitative estimate of drug-likeness (QED) is 0.497. The van der Waals surface area contributed by atoms with E-state index >= 15 is 0 Å². The Labute approximate surface area is 114 Å². The van der Waals surface area contributed by atoms with E-state index in [2.05, 4.69) is 16.7 Å². The van der Waals surface area contributed by atoms with Crippen molar-refractivity contribution in [3.8, 4) is 0 Å². The summed E-state index contributed by atoms with van der Waals surface area (Å²) in [7, 11) is 1.62. The highest BCUT2D eigenvalue weighted by molar-refractivity contribution is 5.93. The molecule has 4 heteroatoms. The van der Waals surface area contributed by atoms with Gasteiger partial charge in [-0.05, 0) is 31.2 Å². The monoisotopic (exact) mass is 260 g/mol. The summed E-state index contributed by atoms with van der Waals surface area (Å²) < 4.78 is 0. The maximum Gasteiger partial charge on any atom is 0.251 e. The first kappa shape index (κ1) is 16.7. The topological polar surface area (TPSA) is 64.3 Å². The molecule has 0 spiro atoms. The van der Waals surface area contributed by atoms with Crippen molar-refractivity contribution in [2.75, 3.05) is 7.05 Å². The lowest BCUT2D eigenvalue weighted by Crippen LogP contribution is -2.17. The molecule has 0 aliphatic carbocycles. The molecule has 0 aliphatic heterocycles. The van der Waals surface area contributed by atoms with E-state index in [9.17, 15) is 4.79 Å². The summed E-state index contributed by atoms with van der Waals surface area (Å²) >= 11 is 0. The third kappa shape index (κ3) is 7.57. The molecule has 0 radical (unpaired) electrons. The molecular formula is C15H20N2O2. The summed E-state index contributed by atoms with van der Waals surface area (Å²) in [5, 5.41) is 2.54. The number of carbonyl (C=O) groups is 1. The maximum absolute atomic E-state index is 10.9. The molecule has 4 nitrogen and oxygen atoms in total. The Morgan fingerprint density at radius 2 is 2.00 bits per heavy atom. The summed E-state index contributed by atoms with van der Waals surface area (Å²) in [6.45, 7) is 5.33. The van der Waals surface area contributed by atoms with Crippen LogP contribution in [-0.2, 0) is 4.84 Å². The zero-order valence-corrected chi connectivity index (χ0v) is 11.3. The first-order chi connectivity index (χ1) is 9.19. The second-order valence-corrected chi connectivity index (χ2v) is 3.35. The first-order valence-electron chi connectivity index (χ1n) is 5.78. The van der Waals surface area contributed by atoms with E-state index in [0.29, 0.717) is 11.3 Å². The number of amides is 1. The third-order valence-corrected chi connectivity index (χ3v) is 2.08. The highest BCUT2D eigenvalue weighted by atomic mass is 16.6. The molecule has 0 fully saturated rings. The van der Waals surface area contributed by atoms with Crippen LogP contribution in [0, 0.1) is 0 Å². The van der Waals surface area contributed by atoms with Crippen molar-refractivity contribution < 1.29 is 9.63 Å². The Balaban J connectivity index is 0.000000344. The minimum absolute atomic E-state index is 0.0411. The van der Waals surface area contributed by atoms with Crippen LogP contribution in [0.15, 0.2) is 67.0 Å². The lowest BCUT2D eigenvalue weighted by atomic mass is 10.2. The lowest BCUT2D eigenvalue weighted by Gasteiger charge is -1.96. The molecule has 0 atom stereocenters. The van der Waals surface area contributed by atoms with Crippen molar-refractivity contribution in [1.82, 2.24) is 5.32 Å². The van der Waals surface area contributed by atoms with Gasteiger partial charge in [-0.15, -0.1) is 0 Å². The fourth-order valence-electron chi connectivity index (χ4n) is 1.10. The van der Waals surface area contributed by atoms with Crippen LogP contribution in [0.25, 0.3) is 0 Å². The van der Waals surface area contributed by atoms with Gasteiger partial charge < -0.3 is 10.2 Å². The predicted molar refractivity (Wildman–Crippen MR) is 78.2 cm³/mol. The minimum atomic E-state index is -0.0411. The molecule has 0 heterocycles. The van der Waals surface area contributed by atoms with E-state index in [1.807, 2.05) is 25.1 Å². The largest absolute Gasteiger partial charge is 0.412 e. The second kappa shape index (κ2) is 10.8. The molecule has 1 amide bonds. The summed E-state index contributed by atoms with van der Waals surface area (Å²) in [4.78, 5) is 15.3. The van der Waals surface area contributed by atoms with Gasteiger partial charge in [0.15, 0.2) is 0 Å². The Morgan fingerprint density at radius 1 is 1.37 bits per heavy atom. The Kier molecular flexibility index (Phi) is 9.48. The number of rotatable bonds is 4. The van der Waals surface area contributed by atoms with Crippen LogP contribution in [0.4, 0.5) is 0 Å². The van der Waals surface area contributed by atoms with Gasteiger partial charge in [-0.25, -0.2) is 0 Å². The average Bonchev–Trinajstić information content (AvgIpc) is 2.49. The maximum atomic E-state index is 10.9. The van der Waals surface area contributed by atoms with Gasteiger partial charge in [-0.1, -0.05) is 36.9 Å². The van der Waals surface area contributed by atoms with E-state index < -0.39 is 0 Å². The van der Waals surface area contributed by atoms with Gasteiger partial charge in [0, 0.05) is 12.6 Å². The lowest BCUT2D eigenvalue weighted by molar-refractivity contribution is 0.0963. The fourth-order valence-corrected chi connectivity index (χ4v) is 1.10. The van der Waals surface area contributed by atoms with Crippen LogP contribution in [-0.4, -0.2) is 13.0 Å². The van der Waals surface area contributed by atoms with Gasteiger partial charge in [-0.3, -0.25) is 4.79 Å². The highest BCUT2D eigenvalue weighted by Gasteiger charge is 1.97. The molecule has 0 aromatic heterocycles. The molecule has 102 valence electrons. The smallest absolute Gasteiger partial charge is 0.251 e. The van der Waals surface area contributed by atoms with Gasteiger partial charge in [0.2, 0.25) is 0 Å². The summed E-state index contributed by atoms with van der Waals surface area (Å²) in [5.74, 6) is 5.46. The van der Waals surface area contributed by atoms with Crippen molar-refractivity contribution in [1.29, 1.82) is 0 Å². The van der Waals surface area contributed by atoms with Crippen molar-refractivity contribution in [2.24, 2.45) is 5.90 Å². The molecule has 0 bridgehead atoms. The number of allylic oxidation sites excluding steroid dienone is 4. The van der Waals surface area contributed by atoms with E-state index in [-0.39, 0.29) is 5.91 Å². The molecule has 1 aromatic carbocycles. The van der Waals surface area contributed by atoms with Crippen LogP contribution in [0.5, 0.6) is 0 Å². The average molecular weight is 260 g/mol. The number of carbonyl (C=O) groups excluding carboxylic acids is 1. The minimum Gasteiger partial charge on any atom is -0.412 e. The third-order valence-electron chi connectivity index (χ3n) is 2.08. The Bertz CT molecular complexity index is 437. The van der Waals surface area contributed by atoms with Gasteiger partial charge in [0.25, 0.3) is 5.91 Å². The molecule has 3 N–H and O–H groups in total. The van der Waals surface area contributed by atoms with E-state index in [1.54, 1.807) is 43.5 Å². The normalized spacial score (nSPS) is 10.4. The van der Waals surface area contributed by atoms with E-state index in [0.717, 1.165) is 0 Å². The Morgan fingerprint density at radius 3 is 2.42 bits per heavy atom. The first-order valence-corrected chi connectivity index (χ1v) is 5.78. The van der Waals surface area contributed by atoms with Gasteiger partial charge >= 0.3 is 0 Å². The fraction of sp³-hybridized carbons (Fsp3) is 0.133. The van der Waals surface area contributed by atoms with Gasteiger partial charge in [0.05, 0.1) is 0 Å². The van der Waals surface area contributed by atoms with Crippen LogP contribution in [0.1, 0.15) is 17.3 Å². The van der Waals surface area contributed by atoms with Crippen LogP contribution in [0.2, 0.25) is 0 Å². The molecule has 0 aliphatic rings. The van der Waals surface area contributed by atoms with Crippen molar-refractivity contribution in [2.45, 2.75) is 6.92 Å². The number of hydrogen-bond donors (Lipinski definition) is 2. The van der Waals surface area contributed by atoms with Crippen molar-refractivity contribution in [3.63, 3.8) is 0 Å². The SMILES string of the molecule is C=C/C=C\C(=C/C)ON.CNC(=O)c1ccccc1. The molecule has 0 saturated carbocycles. The highest BCUT2D eigenvalue weighted by Crippen LogP contribution is 1.96. The number of benzene rings is 1. The molecule has 0 unspecified atom stereocenters. The van der Waals surface area contributed by atoms with Crippen molar-refractivity contribution in [3.05, 3.63) is 72.5 Å². The summed E-state index contributed by atoms with van der Waals surface area (Å²) in [6.07, 6.45) is 6.90. The molecular weight excluding hydrogens is 240 g/mol. The zero-order chi connectivity index (χ0) is 14.5. The van der Waals surface area contributed by atoms with Crippen LogP contribution < -0.4 is 11.2 Å². The zero-order valence-electron chi connectivity index (χ0n) is 11.3. The van der Waals surface area contributed by atoms with Crippen LogP contribution >= 0.6 is 0 Å². The second-order valence-electron chi connectivity index (χ2n) is 3.35. The number of hydrogen-bond acceptors (Lipinski definition) is 3. The predicted octanol–water partition coefficient (Wildman–Crippen LogP) is 2.57. The molecule has 1 rings (SSSR count). The Hall–Kier alpha value is -2.33. The van der Waals surface area contributed by atoms with Crippen LogP contribution in [0.3, 0.4) is 0 Å². The summed E-state index contributed by atoms with van der Waals surface area (Å²) in [6, 6.07) is 9.11. The van der Waals surface area contributed by atoms with Gasteiger partial charge in [-0.2, -0.15) is 5.90 Å². The van der Waals surface area contributed by atoms with Gasteiger partial charge in [0.1, 0.15) is 5.76 Å². The standard InChI is InChI=1S/C8H9NO.C7H11NO/c1-9-8(10)7-5-3-2-4-6-7;1-3-5-6-7(4-2)9-8/h2-6H,1H3,(H,9,10);3-6H,1,8H2,2H3/b;6-5-,7-4+. The van der Waals surface area contributed by atoms with Crippen molar-refractivity contribution >= 4 is 5.91 Å². The van der Waals surface area contributed by atoms with E-state index in [4.69, 9.17) is 5.90 Å². The summed E-state index contributed by atoms with van der Waals surface area (Å²) in [5.41, 5.74) is 0.699. The molecule has 0 saturated heterocycles. The molecule has 19 heavy (non-hydrogen) atoms. The number of nitrogens with two attached hydrogens (primary N) is 1. The molecule has 1 aromatic rings. The van der Waals surface area contributed by atoms with E-state index in [1.165, 1.54) is 0 Å².